The minimum atomic E-state index is -4.56. The fourth-order valence-electron chi connectivity index (χ4n) is 2.83. The van der Waals surface area contributed by atoms with Crippen molar-refractivity contribution < 1.29 is 32.0 Å². The van der Waals surface area contributed by atoms with Gasteiger partial charge in [-0.2, -0.15) is 8.42 Å². The van der Waals surface area contributed by atoms with Crippen LogP contribution in [0.15, 0.2) is 47.4 Å². The average molecular weight is 467 g/mol. The van der Waals surface area contributed by atoms with Gasteiger partial charge < -0.3 is 9.47 Å². The first-order chi connectivity index (χ1) is 15.3. The molecule has 32 heavy (non-hydrogen) atoms. The summed E-state index contributed by atoms with van der Waals surface area (Å²) in [6.45, 7) is 4.24. The predicted molar refractivity (Wildman–Crippen MR) is 123 cm³/mol. The summed E-state index contributed by atoms with van der Waals surface area (Å²) in [5.41, 5.74) is -0.412. The standard InChI is InChI=1S/C24H34O7S/c1-3-5-7-9-11-13-17-30-23(25)21-16-15-20(32(27,28)29)19-22(21)24(26)31-18-14-12-10-8-6-4-2/h11-16,19H,3-10,17-18H2,1-2H3,(H,27,28,29)/b13-11+,14-12+. The molecule has 1 rings (SSSR count). The molecule has 0 atom stereocenters. The average Bonchev–Trinajstić information content (AvgIpc) is 2.76. The van der Waals surface area contributed by atoms with Gasteiger partial charge in [-0.1, -0.05) is 63.8 Å². The van der Waals surface area contributed by atoms with E-state index in [0.717, 1.165) is 69.6 Å². The molecule has 0 saturated carbocycles. The van der Waals surface area contributed by atoms with Crippen LogP contribution in [0.5, 0.6) is 0 Å². The van der Waals surface area contributed by atoms with E-state index in [9.17, 15) is 22.6 Å². The van der Waals surface area contributed by atoms with Crippen LogP contribution >= 0.6 is 0 Å². The summed E-state index contributed by atoms with van der Waals surface area (Å²) in [6, 6.07) is 3.09. The maximum Gasteiger partial charge on any atom is 0.339 e. The molecule has 178 valence electrons. The molecular formula is C24H34O7S. The zero-order valence-corrected chi connectivity index (χ0v) is 19.7. The number of benzene rings is 1. The minimum Gasteiger partial charge on any atom is -0.458 e. The number of carbonyl (C=O) groups excluding carboxylic acids is 2. The number of rotatable bonds is 15. The smallest absolute Gasteiger partial charge is 0.339 e. The molecule has 1 N–H and O–H groups in total. The SMILES string of the molecule is CCCCC/C=C/COC(=O)c1ccc(S(=O)(=O)O)cc1C(=O)OC/C=C/CCCCC. The van der Waals surface area contributed by atoms with E-state index in [4.69, 9.17) is 9.47 Å². The van der Waals surface area contributed by atoms with Crippen molar-refractivity contribution in [2.75, 3.05) is 13.2 Å². The van der Waals surface area contributed by atoms with E-state index in [2.05, 4.69) is 13.8 Å². The lowest BCUT2D eigenvalue weighted by atomic mass is 10.1. The van der Waals surface area contributed by atoms with Crippen LogP contribution in [0, 0.1) is 0 Å². The summed E-state index contributed by atoms with van der Waals surface area (Å²) in [4.78, 5) is 24.5. The highest BCUT2D eigenvalue weighted by atomic mass is 32.2. The largest absolute Gasteiger partial charge is 0.458 e. The Balaban J connectivity index is 2.83. The third-order valence-corrected chi connectivity index (χ3v) is 5.48. The van der Waals surface area contributed by atoms with Gasteiger partial charge >= 0.3 is 11.9 Å². The first-order valence-electron chi connectivity index (χ1n) is 11.1. The summed E-state index contributed by atoms with van der Waals surface area (Å²) >= 11 is 0. The second-order valence-corrected chi connectivity index (χ2v) is 8.74. The van der Waals surface area contributed by atoms with Crippen molar-refractivity contribution in [3.05, 3.63) is 53.6 Å². The third kappa shape index (κ3) is 10.7. The van der Waals surface area contributed by atoms with Crippen molar-refractivity contribution in [3.8, 4) is 0 Å². The molecule has 0 heterocycles. The molecule has 0 fully saturated rings. The minimum absolute atomic E-state index is 0.0178. The quantitative estimate of drug-likeness (QED) is 0.157. The normalized spacial score (nSPS) is 11.8. The fraction of sp³-hybridized carbons (Fsp3) is 0.500. The summed E-state index contributed by atoms with van der Waals surface area (Å²) in [5, 5.41) is 0. The lowest BCUT2D eigenvalue weighted by Gasteiger charge is -2.10. The molecule has 8 heteroatoms. The number of unbranched alkanes of at least 4 members (excludes halogenated alkanes) is 6. The van der Waals surface area contributed by atoms with Crippen LogP contribution in [0.2, 0.25) is 0 Å². The predicted octanol–water partition coefficient (Wildman–Crippen LogP) is 5.52. The maximum atomic E-state index is 12.5. The highest BCUT2D eigenvalue weighted by molar-refractivity contribution is 7.85. The molecule has 1 aromatic carbocycles. The van der Waals surface area contributed by atoms with Crippen LogP contribution in [-0.2, 0) is 19.6 Å². The molecule has 0 unspecified atom stereocenters. The first-order valence-corrected chi connectivity index (χ1v) is 12.5. The van der Waals surface area contributed by atoms with Crippen molar-refractivity contribution in [2.24, 2.45) is 0 Å². The molecule has 0 bridgehead atoms. The van der Waals surface area contributed by atoms with Gasteiger partial charge in [0.2, 0.25) is 0 Å². The Morgan fingerprint density at radius 1 is 0.812 bits per heavy atom. The Kier molecular flexibility index (Phi) is 13.2. The highest BCUT2D eigenvalue weighted by Crippen LogP contribution is 2.18. The number of esters is 2. The van der Waals surface area contributed by atoms with Crippen molar-refractivity contribution >= 4 is 22.1 Å². The summed E-state index contributed by atoms with van der Waals surface area (Å²) in [5.74, 6) is -1.66. The molecule has 1 aromatic rings. The first kappa shape index (κ1) is 27.6. The number of allylic oxidation sites excluding steroid dienone is 2. The molecule has 7 nitrogen and oxygen atoms in total. The molecular weight excluding hydrogens is 432 g/mol. The summed E-state index contributed by atoms with van der Waals surface area (Å²) in [7, 11) is -4.56. The highest BCUT2D eigenvalue weighted by Gasteiger charge is 2.23. The van der Waals surface area contributed by atoms with Gasteiger partial charge in [0.15, 0.2) is 0 Å². The van der Waals surface area contributed by atoms with E-state index in [1.807, 2.05) is 12.2 Å². The van der Waals surface area contributed by atoms with Crippen LogP contribution < -0.4 is 0 Å². The molecule has 0 radical (unpaired) electrons. The Hall–Kier alpha value is -2.45. The molecule has 0 amide bonds. The van der Waals surface area contributed by atoms with Gasteiger partial charge in [-0.05, 0) is 43.9 Å². The summed E-state index contributed by atoms with van der Waals surface area (Å²) in [6.07, 6.45) is 15.6. The van der Waals surface area contributed by atoms with Crippen molar-refractivity contribution in [1.29, 1.82) is 0 Å². The van der Waals surface area contributed by atoms with Crippen LogP contribution in [-0.4, -0.2) is 38.1 Å². The van der Waals surface area contributed by atoms with Crippen molar-refractivity contribution in [2.45, 2.75) is 70.1 Å². The third-order valence-electron chi connectivity index (χ3n) is 4.63. The van der Waals surface area contributed by atoms with Crippen LogP contribution in [0.3, 0.4) is 0 Å². The lowest BCUT2D eigenvalue weighted by molar-refractivity contribution is 0.0502. The fourth-order valence-corrected chi connectivity index (χ4v) is 3.34. The van der Waals surface area contributed by atoms with Gasteiger partial charge in [-0.25, -0.2) is 9.59 Å². The molecule has 0 saturated heterocycles. The second kappa shape index (κ2) is 15.4. The van der Waals surface area contributed by atoms with Crippen LogP contribution in [0.25, 0.3) is 0 Å². The number of hydrogen-bond acceptors (Lipinski definition) is 6. The molecule has 0 aliphatic rings. The van der Waals surface area contributed by atoms with Crippen LogP contribution in [0.1, 0.15) is 85.9 Å². The topological polar surface area (TPSA) is 107 Å². The number of carbonyl (C=O) groups is 2. The van der Waals surface area contributed by atoms with Crippen LogP contribution in [0.4, 0.5) is 0 Å². The van der Waals surface area contributed by atoms with E-state index in [0.29, 0.717) is 0 Å². The van der Waals surface area contributed by atoms with Crippen molar-refractivity contribution in [1.82, 2.24) is 0 Å². The molecule has 0 aliphatic carbocycles. The number of ether oxygens (including phenoxy) is 2. The van der Waals surface area contributed by atoms with E-state index < -0.39 is 27.0 Å². The van der Waals surface area contributed by atoms with Gasteiger partial charge in [0.05, 0.1) is 16.0 Å². The van der Waals surface area contributed by atoms with E-state index in [1.165, 1.54) is 0 Å². The van der Waals surface area contributed by atoms with Gasteiger partial charge in [0.1, 0.15) is 13.2 Å². The molecule has 0 aliphatic heterocycles. The zero-order chi connectivity index (χ0) is 23.8. The molecule has 0 aromatic heterocycles. The Bertz CT molecular complexity index is 886. The Labute approximate surface area is 191 Å². The molecule has 0 spiro atoms. The van der Waals surface area contributed by atoms with Gasteiger partial charge in [-0.15, -0.1) is 0 Å². The van der Waals surface area contributed by atoms with Crippen molar-refractivity contribution in [3.63, 3.8) is 0 Å². The van der Waals surface area contributed by atoms with Gasteiger partial charge in [-0.3, -0.25) is 4.55 Å². The lowest BCUT2D eigenvalue weighted by Crippen LogP contribution is -2.15. The Morgan fingerprint density at radius 3 is 1.78 bits per heavy atom. The summed E-state index contributed by atoms with van der Waals surface area (Å²) < 4.78 is 42.5. The number of hydrogen-bond donors (Lipinski definition) is 1. The van der Waals surface area contributed by atoms with Gasteiger partial charge in [0, 0.05) is 0 Å². The monoisotopic (exact) mass is 466 g/mol. The van der Waals surface area contributed by atoms with E-state index in [-0.39, 0.29) is 24.3 Å². The maximum absolute atomic E-state index is 12.5. The second-order valence-electron chi connectivity index (χ2n) is 7.31. The van der Waals surface area contributed by atoms with E-state index in [1.54, 1.807) is 12.2 Å². The Morgan fingerprint density at radius 2 is 1.31 bits per heavy atom. The zero-order valence-electron chi connectivity index (χ0n) is 18.9. The van der Waals surface area contributed by atoms with Gasteiger partial charge in [0.25, 0.3) is 10.1 Å². The van der Waals surface area contributed by atoms with E-state index >= 15 is 0 Å².